The highest BCUT2D eigenvalue weighted by Crippen LogP contribution is 2.18. The standard InChI is InChI=1S/C25H23N5O/c31-25(14-15-30-22-12-6-4-10-20(22)16-27-30)26-17-24-28-21-11-5-7-13-23(21)29(24)18-19-8-2-1-3-9-19/h1-13,16H,14-15,17-18H2,(H,26,31). The normalized spacial score (nSPS) is 11.2. The van der Waals surface area contributed by atoms with Crippen LogP contribution in [-0.2, 0) is 24.4 Å². The van der Waals surface area contributed by atoms with Gasteiger partial charge in [0.25, 0.3) is 0 Å². The Morgan fingerprint density at radius 3 is 2.48 bits per heavy atom. The van der Waals surface area contributed by atoms with Crippen LogP contribution in [0.2, 0.25) is 0 Å². The first kappa shape index (κ1) is 19.1. The summed E-state index contributed by atoms with van der Waals surface area (Å²) in [5.74, 6) is 0.834. The van der Waals surface area contributed by atoms with Gasteiger partial charge in [-0.25, -0.2) is 4.98 Å². The van der Waals surface area contributed by atoms with Gasteiger partial charge in [0.15, 0.2) is 0 Å². The number of nitrogens with one attached hydrogen (secondary N) is 1. The van der Waals surface area contributed by atoms with Gasteiger partial charge in [-0.05, 0) is 23.8 Å². The molecule has 2 heterocycles. The Morgan fingerprint density at radius 2 is 1.61 bits per heavy atom. The molecule has 0 aliphatic heterocycles. The van der Waals surface area contributed by atoms with E-state index in [0.29, 0.717) is 26.1 Å². The van der Waals surface area contributed by atoms with Crippen molar-refractivity contribution in [3.05, 3.63) is 96.4 Å². The van der Waals surface area contributed by atoms with Crippen molar-refractivity contribution in [3.8, 4) is 0 Å². The van der Waals surface area contributed by atoms with Crippen LogP contribution in [0.1, 0.15) is 17.8 Å². The molecule has 0 spiro atoms. The predicted octanol–water partition coefficient (Wildman–Crippen LogP) is 4.14. The number of hydrogen-bond acceptors (Lipinski definition) is 3. The summed E-state index contributed by atoms with van der Waals surface area (Å²) in [5, 5.41) is 8.51. The maximum Gasteiger partial charge on any atom is 0.222 e. The van der Waals surface area contributed by atoms with Crippen molar-refractivity contribution in [2.45, 2.75) is 26.1 Å². The Bertz CT molecular complexity index is 1340. The van der Waals surface area contributed by atoms with E-state index in [4.69, 9.17) is 4.98 Å². The smallest absolute Gasteiger partial charge is 0.222 e. The molecule has 0 bridgehead atoms. The van der Waals surface area contributed by atoms with Crippen LogP contribution in [0.25, 0.3) is 21.9 Å². The largest absolute Gasteiger partial charge is 0.349 e. The first-order chi connectivity index (χ1) is 15.3. The summed E-state index contributed by atoms with van der Waals surface area (Å²) in [6, 6.07) is 26.4. The minimum absolute atomic E-state index is 0.0158. The lowest BCUT2D eigenvalue weighted by Gasteiger charge is -2.11. The van der Waals surface area contributed by atoms with Crippen LogP contribution >= 0.6 is 0 Å². The maximum absolute atomic E-state index is 12.5. The van der Waals surface area contributed by atoms with Crippen LogP contribution in [0, 0.1) is 0 Å². The molecule has 1 N–H and O–H groups in total. The number of rotatable bonds is 7. The highest BCUT2D eigenvalue weighted by atomic mass is 16.1. The van der Waals surface area contributed by atoms with Crippen LogP contribution in [0.5, 0.6) is 0 Å². The van der Waals surface area contributed by atoms with Crippen molar-refractivity contribution in [1.82, 2.24) is 24.6 Å². The van der Waals surface area contributed by atoms with Gasteiger partial charge in [0.05, 0.1) is 35.8 Å². The summed E-state index contributed by atoms with van der Waals surface area (Å²) in [5.41, 5.74) is 4.24. The van der Waals surface area contributed by atoms with E-state index in [9.17, 15) is 4.79 Å². The number of benzene rings is 3. The van der Waals surface area contributed by atoms with Gasteiger partial charge in [-0.2, -0.15) is 5.10 Å². The number of carbonyl (C=O) groups is 1. The molecule has 5 aromatic rings. The number of amides is 1. The summed E-state index contributed by atoms with van der Waals surface area (Å²) in [7, 11) is 0. The zero-order valence-corrected chi connectivity index (χ0v) is 17.1. The molecule has 0 unspecified atom stereocenters. The number of nitrogens with zero attached hydrogens (tertiary/aromatic N) is 4. The Labute approximate surface area is 180 Å². The molecule has 0 saturated heterocycles. The third-order valence-corrected chi connectivity index (χ3v) is 5.46. The van der Waals surface area contributed by atoms with Crippen LogP contribution < -0.4 is 5.32 Å². The summed E-state index contributed by atoms with van der Waals surface area (Å²) in [6.45, 7) is 1.64. The molecule has 31 heavy (non-hydrogen) atoms. The number of fused-ring (bicyclic) bond motifs is 2. The fourth-order valence-electron chi connectivity index (χ4n) is 3.88. The Hall–Kier alpha value is -3.93. The second kappa shape index (κ2) is 8.44. The van der Waals surface area contributed by atoms with Gasteiger partial charge >= 0.3 is 0 Å². The van der Waals surface area contributed by atoms with Gasteiger partial charge in [0.2, 0.25) is 5.91 Å². The number of aromatic nitrogens is 4. The molecule has 2 aromatic heterocycles. The van der Waals surface area contributed by atoms with Gasteiger partial charge in [-0.1, -0.05) is 60.7 Å². The lowest BCUT2D eigenvalue weighted by molar-refractivity contribution is -0.121. The van der Waals surface area contributed by atoms with Gasteiger partial charge < -0.3 is 9.88 Å². The van der Waals surface area contributed by atoms with E-state index < -0.39 is 0 Å². The van der Waals surface area contributed by atoms with Crippen LogP contribution in [0.3, 0.4) is 0 Å². The quantitative estimate of drug-likeness (QED) is 0.439. The van der Waals surface area contributed by atoms with Crippen molar-refractivity contribution in [2.75, 3.05) is 0 Å². The van der Waals surface area contributed by atoms with Gasteiger partial charge in [-0.15, -0.1) is 0 Å². The molecule has 5 rings (SSSR count). The Balaban J connectivity index is 1.29. The fraction of sp³-hybridized carbons (Fsp3) is 0.160. The van der Waals surface area contributed by atoms with E-state index in [1.54, 1.807) is 0 Å². The fourth-order valence-corrected chi connectivity index (χ4v) is 3.88. The molecule has 0 fully saturated rings. The predicted molar refractivity (Wildman–Crippen MR) is 121 cm³/mol. The molecule has 0 radical (unpaired) electrons. The Kier molecular flexibility index (Phi) is 5.19. The number of aryl methyl sites for hydroxylation is 1. The first-order valence-electron chi connectivity index (χ1n) is 10.4. The summed E-state index contributed by atoms with van der Waals surface area (Å²) >= 11 is 0. The lowest BCUT2D eigenvalue weighted by atomic mass is 10.2. The number of hydrogen-bond donors (Lipinski definition) is 1. The molecule has 6 nitrogen and oxygen atoms in total. The zero-order valence-electron chi connectivity index (χ0n) is 17.1. The highest BCUT2D eigenvalue weighted by Gasteiger charge is 2.12. The van der Waals surface area contributed by atoms with E-state index in [1.807, 2.05) is 71.5 Å². The van der Waals surface area contributed by atoms with Crippen LogP contribution in [0.15, 0.2) is 85.1 Å². The SMILES string of the molecule is O=C(CCn1ncc2ccccc21)NCc1nc2ccccc2n1Cc1ccccc1. The molecular formula is C25H23N5O. The van der Waals surface area contributed by atoms with Crippen molar-refractivity contribution in [2.24, 2.45) is 0 Å². The number of para-hydroxylation sites is 3. The molecule has 0 aliphatic rings. The summed E-state index contributed by atoms with van der Waals surface area (Å²) in [4.78, 5) is 17.3. The average Bonchev–Trinajstić information content (AvgIpc) is 3.38. The molecule has 0 saturated carbocycles. The third-order valence-electron chi connectivity index (χ3n) is 5.46. The molecule has 154 valence electrons. The highest BCUT2D eigenvalue weighted by molar-refractivity contribution is 5.79. The summed E-state index contributed by atoms with van der Waals surface area (Å²) < 4.78 is 4.05. The average molecular weight is 409 g/mol. The van der Waals surface area contributed by atoms with Crippen molar-refractivity contribution in [1.29, 1.82) is 0 Å². The van der Waals surface area contributed by atoms with E-state index in [2.05, 4.69) is 33.2 Å². The van der Waals surface area contributed by atoms with E-state index in [-0.39, 0.29) is 5.91 Å². The second-order valence-corrected chi connectivity index (χ2v) is 7.54. The molecular weight excluding hydrogens is 386 g/mol. The monoisotopic (exact) mass is 409 g/mol. The van der Waals surface area contributed by atoms with E-state index >= 15 is 0 Å². The lowest BCUT2D eigenvalue weighted by Crippen LogP contribution is -2.26. The molecule has 1 amide bonds. The Morgan fingerprint density at radius 1 is 0.871 bits per heavy atom. The number of imidazole rings is 1. The number of carbonyl (C=O) groups excluding carboxylic acids is 1. The van der Waals surface area contributed by atoms with Crippen LogP contribution in [-0.4, -0.2) is 25.2 Å². The molecule has 3 aromatic carbocycles. The molecule has 0 aliphatic carbocycles. The molecule has 6 heteroatoms. The summed E-state index contributed by atoms with van der Waals surface area (Å²) in [6.07, 6.45) is 2.20. The van der Waals surface area contributed by atoms with E-state index in [0.717, 1.165) is 27.8 Å². The van der Waals surface area contributed by atoms with Crippen LogP contribution in [0.4, 0.5) is 0 Å². The van der Waals surface area contributed by atoms with Gasteiger partial charge in [0, 0.05) is 18.4 Å². The minimum atomic E-state index is -0.0158. The van der Waals surface area contributed by atoms with E-state index in [1.165, 1.54) is 5.56 Å². The van der Waals surface area contributed by atoms with Crippen molar-refractivity contribution >= 4 is 27.8 Å². The minimum Gasteiger partial charge on any atom is -0.349 e. The topological polar surface area (TPSA) is 64.7 Å². The van der Waals surface area contributed by atoms with Crippen molar-refractivity contribution < 1.29 is 4.79 Å². The zero-order chi connectivity index (χ0) is 21.0. The second-order valence-electron chi connectivity index (χ2n) is 7.54. The van der Waals surface area contributed by atoms with Crippen molar-refractivity contribution in [3.63, 3.8) is 0 Å². The molecule has 0 atom stereocenters. The first-order valence-corrected chi connectivity index (χ1v) is 10.4. The van der Waals surface area contributed by atoms with Gasteiger partial charge in [-0.3, -0.25) is 9.48 Å². The third kappa shape index (κ3) is 4.05. The van der Waals surface area contributed by atoms with Gasteiger partial charge in [0.1, 0.15) is 5.82 Å². The maximum atomic E-state index is 12.5.